The summed E-state index contributed by atoms with van der Waals surface area (Å²) in [5.74, 6) is 0.949. The Balaban J connectivity index is 0.00000200. The summed E-state index contributed by atoms with van der Waals surface area (Å²) in [6.07, 6.45) is 0.422. The smallest absolute Gasteiger partial charge is 0.226 e. The summed E-state index contributed by atoms with van der Waals surface area (Å²) in [6, 6.07) is 7.94. The molecule has 6 heteroatoms. The number of halogens is 2. The van der Waals surface area contributed by atoms with Crippen LogP contribution in [0.2, 0.25) is 0 Å². The van der Waals surface area contributed by atoms with E-state index in [-0.39, 0.29) is 24.4 Å². The molecule has 4 nitrogen and oxygen atoms in total. The molecule has 1 fully saturated rings. The highest BCUT2D eigenvalue weighted by Crippen LogP contribution is 2.23. The second-order valence-corrected chi connectivity index (χ2v) is 5.52. The fraction of sp³-hybridized carbons (Fsp3) is 0.500. The third-order valence-electron chi connectivity index (χ3n) is 3.23. The lowest BCUT2D eigenvalue weighted by Gasteiger charge is -2.34. The van der Waals surface area contributed by atoms with E-state index in [2.05, 4.69) is 28.2 Å². The normalized spacial score (nSPS) is 18.3. The van der Waals surface area contributed by atoms with Gasteiger partial charge < -0.3 is 15.0 Å². The standard InChI is InChI=1S/C14H19BrN2O2.ClH/c1-11-10-16-7-8-17(11)14(18)6-9-19-13-5-3-2-4-12(13)15;/h2-5,11,16H,6-10H2,1H3;1H. The second-order valence-electron chi connectivity index (χ2n) is 4.67. The average Bonchev–Trinajstić information content (AvgIpc) is 2.41. The van der Waals surface area contributed by atoms with Gasteiger partial charge in [-0.1, -0.05) is 12.1 Å². The number of para-hydroxylation sites is 1. The van der Waals surface area contributed by atoms with E-state index >= 15 is 0 Å². The molecule has 0 saturated carbocycles. The van der Waals surface area contributed by atoms with Crippen LogP contribution < -0.4 is 10.1 Å². The van der Waals surface area contributed by atoms with Crippen LogP contribution >= 0.6 is 28.3 Å². The SMILES string of the molecule is CC1CNCCN1C(=O)CCOc1ccccc1Br.Cl. The summed E-state index contributed by atoms with van der Waals surface area (Å²) in [4.78, 5) is 14.0. The lowest BCUT2D eigenvalue weighted by atomic mass is 10.2. The van der Waals surface area contributed by atoms with Crippen LogP contribution in [0.1, 0.15) is 13.3 Å². The van der Waals surface area contributed by atoms with E-state index in [0.29, 0.717) is 13.0 Å². The number of hydrogen-bond acceptors (Lipinski definition) is 3. The van der Waals surface area contributed by atoms with E-state index in [1.807, 2.05) is 29.2 Å². The fourth-order valence-corrected chi connectivity index (χ4v) is 2.56. The maximum atomic E-state index is 12.1. The van der Waals surface area contributed by atoms with E-state index in [1.165, 1.54) is 0 Å². The fourth-order valence-electron chi connectivity index (χ4n) is 2.17. The van der Waals surface area contributed by atoms with Crippen molar-refractivity contribution in [3.05, 3.63) is 28.7 Å². The van der Waals surface area contributed by atoms with Gasteiger partial charge in [0.15, 0.2) is 0 Å². The maximum absolute atomic E-state index is 12.1. The molecular formula is C14H20BrClN2O2. The summed E-state index contributed by atoms with van der Waals surface area (Å²) >= 11 is 3.42. The molecule has 1 unspecified atom stereocenters. The molecule has 1 N–H and O–H groups in total. The third kappa shape index (κ3) is 4.65. The molecule has 1 saturated heterocycles. The Kier molecular flexibility index (Phi) is 7.34. The summed E-state index contributed by atoms with van der Waals surface area (Å²) in [5, 5.41) is 3.28. The zero-order valence-corrected chi connectivity index (χ0v) is 13.9. The topological polar surface area (TPSA) is 41.6 Å². The first-order chi connectivity index (χ1) is 9.18. The second kappa shape index (κ2) is 8.49. The number of amides is 1. The first-order valence-corrected chi connectivity index (χ1v) is 7.35. The molecule has 1 aliphatic heterocycles. The van der Waals surface area contributed by atoms with Crippen LogP contribution in [-0.4, -0.2) is 43.1 Å². The van der Waals surface area contributed by atoms with Gasteiger partial charge in [-0.15, -0.1) is 12.4 Å². The lowest BCUT2D eigenvalue weighted by molar-refractivity contribution is -0.134. The Bertz CT molecular complexity index is 445. The largest absolute Gasteiger partial charge is 0.492 e. The maximum Gasteiger partial charge on any atom is 0.226 e. The van der Waals surface area contributed by atoms with Crippen LogP contribution in [0.15, 0.2) is 28.7 Å². The van der Waals surface area contributed by atoms with E-state index in [0.717, 1.165) is 29.9 Å². The quantitative estimate of drug-likeness (QED) is 0.893. The Morgan fingerprint density at radius 2 is 2.25 bits per heavy atom. The van der Waals surface area contributed by atoms with Crippen molar-refractivity contribution in [2.45, 2.75) is 19.4 Å². The Morgan fingerprint density at radius 1 is 1.50 bits per heavy atom. The zero-order valence-electron chi connectivity index (χ0n) is 11.5. The Hall–Kier alpha value is -0.780. The van der Waals surface area contributed by atoms with Crippen LogP contribution in [0.25, 0.3) is 0 Å². The van der Waals surface area contributed by atoms with Crippen molar-refractivity contribution in [1.29, 1.82) is 0 Å². The van der Waals surface area contributed by atoms with Gasteiger partial charge in [-0.05, 0) is 35.0 Å². The molecule has 2 rings (SSSR count). The number of hydrogen-bond donors (Lipinski definition) is 1. The molecule has 0 aliphatic carbocycles. The van der Waals surface area contributed by atoms with Crippen LogP contribution in [0.5, 0.6) is 5.75 Å². The summed E-state index contributed by atoms with van der Waals surface area (Å²) in [5.41, 5.74) is 0. The van der Waals surface area contributed by atoms with Crippen LogP contribution in [-0.2, 0) is 4.79 Å². The van der Waals surface area contributed by atoms with Gasteiger partial charge in [-0.25, -0.2) is 0 Å². The summed E-state index contributed by atoms with van der Waals surface area (Å²) < 4.78 is 6.54. The third-order valence-corrected chi connectivity index (χ3v) is 3.89. The minimum absolute atomic E-state index is 0. The van der Waals surface area contributed by atoms with Gasteiger partial charge in [-0.3, -0.25) is 4.79 Å². The van der Waals surface area contributed by atoms with E-state index in [1.54, 1.807) is 0 Å². The molecule has 1 aliphatic rings. The molecule has 0 radical (unpaired) electrons. The summed E-state index contributed by atoms with van der Waals surface area (Å²) in [7, 11) is 0. The van der Waals surface area contributed by atoms with Crippen molar-refractivity contribution < 1.29 is 9.53 Å². The Morgan fingerprint density at radius 3 is 2.95 bits per heavy atom. The van der Waals surface area contributed by atoms with Gasteiger partial charge in [0.1, 0.15) is 5.75 Å². The molecule has 1 amide bonds. The predicted octanol–water partition coefficient (Wildman–Crippen LogP) is 2.46. The highest BCUT2D eigenvalue weighted by Gasteiger charge is 2.22. The van der Waals surface area contributed by atoms with Crippen LogP contribution in [0.3, 0.4) is 0 Å². The molecule has 0 aromatic heterocycles. The number of ether oxygens (including phenoxy) is 1. The van der Waals surface area contributed by atoms with Crippen molar-refractivity contribution >= 4 is 34.2 Å². The molecule has 1 aromatic carbocycles. The lowest BCUT2D eigenvalue weighted by Crippen LogP contribution is -2.52. The zero-order chi connectivity index (χ0) is 13.7. The van der Waals surface area contributed by atoms with Crippen LogP contribution in [0, 0.1) is 0 Å². The minimum atomic E-state index is 0. The molecule has 0 spiro atoms. The van der Waals surface area contributed by atoms with Crippen molar-refractivity contribution in [2.24, 2.45) is 0 Å². The molecule has 1 heterocycles. The number of carbonyl (C=O) groups excluding carboxylic acids is 1. The van der Waals surface area contributed by atoms with Crippen molar-refractivity contribution in [2.75, 3.05) is 26.2 Å². The van der Waals surface area contributed by atoms with E-state index in [9.17, 15) is 4.79 Å². The van der Waals surface area contributed by atoms with Gasteiger partial charge >= 0.3 is 0 Å². The summed E-state index contributed by atoms with van der Waals surface area (Å²) in [6.45, 7) is 5.02. The van der Waals surface area contributed by atoms with E-state index < -0.39 is 0 Å². The molecule has 1 atom stereocenters. The van der Waals surface area contributed by atoms with Crippen molar-refractivity contribution in [1.82, 2.24) is 10.2 Å². The number of nitrogens with one attached hydrogen (secondary N) is 1. The molecular weight excluding hydrogens is 344 g/mol. The highest BCUT2D eigenvalue weighted by molar-refractivity contribution is 9.10. The number of carbonyl (C=O) groups is 1. The minimum Gasteiger partial charge on any atom is -0.492 e. The highest BCUT2D eigenvalue weighted by atomic mass is 79.9. The van der Waals surface area contributed by atoms with Gasteiger partial charge in [0.2, 0.25) is 5.91 Å². The number of rotatable bonds is 4. The van der Waals surface area contributed by atoms with Gasteiger partial charge in [-0.2, -0.15) is 0 Å². The monoisotopic (exact) mass is 362 g/mol. The predicted molar refractivity (Wildman–Crippen MR) is 85.5 cm³/mol. The van der Waals surface area contributed by atoms with Crippen LogP contribution in [0.4, 0.5) is 0 Å². The van der Waals surface area contributed by atoms with E-state index in [4.69, 9.17) is 4.74 Å². The van der Waals surface area contributed by atoms with Gasteiger partial charge in [0.25, 0.3) is 0 Å². The number of piperazine rings is 1. The number of benzene rings is 1. The molecule has 1 aromatic rings. The molecule has 20 heavy (non-hydrogen) atoms. The average molecular weight is 364 g/mol. The number of nitrogens with zero attached hydrogens (tertiary/aromatic N) is 1. The van der Waals surface area contributed by atoms with Crippen molar-refractivity contribution in [3.8, 4) is 5.75 Å². The van der Waals surface area contributed by atoms with Gasteiger partial charge in [0, 0.05) is 25.7 Å². The van der Waals surface area contributed by atoms with Gasteiger partial charge in [0.05, 0.1) is 17.5 Å². The Labute approximate surface area is 134 Å². The molecule has 112 valence electrons. The first kappa shape index (κ1) is 17.3. The molecule has 0 bridgehead atoms. The van der Waals surface area contributed by atoms with Crippen molar-refractivity contribution in [3.63, 3.8) is 0 Å². The first-order valence-electron chi connectivity index (χ1n) is 6.56.